The van der Waals surface area contributed by atoms with Gasteiger partial charge in [-0.15, -0.1) is 0 Å². The van der Waals surface area contributed by atoms with Gasteiger partial charge in [0.2, 0.25) is 6.10 Å². The van der Waals surface area contributed by atoms with Crippen LogP contribution in [0.4, 0.5) is 0 Å². The maximum atomic E-state index is 12.5. The minimum Gasteiger partial charge on any atom is -0.482 e. The summed E-state index contributed by atoms with van der Waals surface area (Å²) in [6, 6.07) is 15.0. The summed E-state index contributed by atoms with van der Waals surface area (Å²) in [5.74, 6) is -0.231. The van der Waals surface area contributed by atoms with E-state index in [-0.39, 0.29) is 18.6 Å². The Morgan fingerprint density at radius 2 is 1.85 bits per heavy atom. The first-order chi connectivity index (χ1) is 12.5. The quantitative estimate of drug-likeness (QED) is 0.776. The maximum absolute atomic E-state index is 12.5. The third-order valence-electron chi connectivity index (χ3n) is 4.20. The Balaban J connectivity index is 1.64. The molecule has 5 heteroatoms. The van der Waals surface area contributed by atoms with E-state index < -0.39 is 12.1 Å². The summed E-state index contributed by atoms with van der Waals surface area (Å²) >= 11 is 0. The smallest absolute Gasteiger partial charge is 0.345 e. The van der Waals surface area contributed by atoms with Crippen molar-refractivity contribution in [2.45, 2.75) is 38.8 Å². The van der Waals surface area contributed by atoms with Crippen molar-refractivity contribution in [1.29, 1.82) is 0 Å². The van der Waals surface area contributed by atoms with Gasteiger partial charge in [-0.25, -0.2) is 4.79 Å². The number of amides is 1. The predicted molar refractivity (Wildman–Crippen MR) is 97.9 cm³/mol. The highest BCUT2D eigenvalue weighted by Gasteiger charge is 2.30. The fourth-order valence-corrected chi connectivity index (χ4v) is 2.57. The molecule has 1 atom stereocenters. The van der Waals surface area contributed by atoms with Crippen LogP contribution in [-0.4, -0.2) is 24.5 Å². The van der Waals surface area contributed by atoms with Crippen molar-refractivity contribution in [3.05, 3.63) is 65.2 Å². The van der Waals surface area contributed by atoms with Crippen LogP contribution in [0.5, 0.6) is 5.75 Å². The molecule has 1 N–H and O–H groups in total. The minimum atomic E-state index is -0.966. The van der Waals surface area contributed by atoms with Crippen LogP contribution in [0.1, 0.15) is 35.6 Å². The Labute approximate surface area is 153 Å². The zero-order valence-electron chi connectivity index (χ0n) is 15.0. The topological polar surface area (TPSA) is 64.6 Å². The van der Waals surface area contributed by atoms with Gasteiger partial charge in [0, 0.05) is 11.6 Å². The average Bonchev–Trinajstić information content (AvgIpc) is 3.45. The number of ether oxygens (including phenoxy) is 2. The fraction of sp³-hybridized carbons (Fsp3) is 0.333. The van der Waals surface area contributed by atoms with E-state index in [2.05, 4.69) is 5.32 Å². The largest absolute Gasteiger partial charge is 0.482 e. The Bertz CT molecular complexity index is 784. The first kappa shape index (κ1) is 18.0. The van der Waals surface area contributed by atoms with Crippen molar-refractivity contribution >= 4 is 11.9 Å². The number of benzene rings is 2. The third kappa shape index (κ3) is 4.85. The molecule has 5 nitrogen and oxygen atoms in total. The second-order valence-corrected chi connectivity index (χ2v) is 6.62. The lowest BCUT2D eigenvalue weighted by Crippen LogP contribution is -2.34. The number of hydrogen-bond acceptors (Lipinski definition) is 4. The van der Waals surface area contributed by atoms with E-state index in [1.165, 1.54) is 0 Å². The van der Waals surface area contributed by atoms with E-state index in [1.807, 2.05) is 50.2 Å². The summed E-state index contributed by atoms with van der Waals surface area (Å²) in [5.41, 5.74) is 2.63. The van der Waals surface area contributed by atoms with Crippen LogP contribution >= 0.6 is 0 Å². The van der Waals surface area contributed by atoms with Crippen molar-refractivity contribution in [2.24, 2.45) is 0 Å². The molecule has 136 valence electrons. The van der Waals surface area contributed by atoms with Crippen LogP contribution in [0.2, 0.25) is 0 Å². The first-order valence-corrected chi connectivity index (χ1v) is 8.78. The van der Waals surface area contributed by atoms with Crippen LogP contribution < -0.4 is 10.1 Å². The summed E-state index contributed by atoms with van der Waals surface area (Å²) in [7, 11) is 0. The number of rotatable bonds is 7. The number of carbonyl (C=O) groups is 2. The first-order valence-electron chi connectivity index (χ1n) is 8.78. The van der Waals surface area contributed by atoms with E-state index >= 15 is 0 Å². The molecular weight excluding hydrogens is 330 g/mol. The molecule has 2 aromatic carbocycles. The molecule has 0 spiro atoms. The molecule has 1 saturated carbocycles. The Kier molecular flexibility index (Phi) is 5.56. The van der Waals surface area contributed by atoms with Gasteiger partial charge in [0.1, 0.15) is 5.75 Å². The van der Waals surface area contributed by atoms with Gasteiger partial charge in [0.15, 0.2) is 6.61 Å². The van der Waals surface area contributed by atoms with Crippen LogP contribution in [0, 0.1) is 13.8 Å². The van der Waals surface area contributed by atoms with Gasteiger partial charge in [-0.1, -0.05) is 42.5 Å². The maximum Gasteiger partial charge on any atom is 0.345 e. The fourth-order valence-electron chi connectivity index (χ4n) is 2.57. The number of aryl methyl sites for hydroxylation is 2. The zero-order valence-corrected chi connectivity index (χ0v) is 15.0. The minimum absolute atomic E-state index is 0.193. The summed E-state index contributed by atoms with van der Waals surface area (Å²) in [6.45, 7) is 3.62. The van der Waals surface area contributed by atoms with Crippen molar-refractivity contribution in [3.8, 4) is 5.75 Å². The molecule has 2 aromatic rings. The van der Waals surface area contributed by atoms with Crippen LogP contribution in [0.3, 0.4) is 0 Å². The lowest BCUT2D eigenvalue weighted by atomic mass is 10.1. The van der Waals surface area contributed by atoms with Crippen molar-refractivity contribution in [3.63, 3.8) is 0 Å². The molecule has 0 heterocycles. The molecule has 1 aliphatic rings. The van der Waals surface area contributed by atoms with Crippen LogP contribution in [-0.2, 0) is 14.3 Å². The second-order valence-electron chi connectivity index (χ2n) is 6.62. The molecule has 0 bridgehead atoms. The number of carbonyl (C=O) groups excluding carboxylic acids is 2. The monoisotopic (exact) mass is 353 g/mol. The molecule has 0 aromatic heterocycles. The van der Waals surface area contributed by atoms with E-state index in [4.69, 9.17) is 9.47 Å². The number of hydrogen-bond donors (Lipinski definition) is 1. The molecule has 0 saturated heterocycles. The van der Waals surface area contributed by atoms with Gasteiger partial charge in [-0.3, -0.25) is 4.79 Å². The highest BCUT2D eigenvalue weighted by atomic mass is 16.6. The van der Waals surface area contributed by atoms with Crippen molar-refractivity contribution in [2.75, 3.05) is 6.61 Å². The van der Waals surface area contributed by atoms with Crippen molar-refractivity contribution in [1.82, 2.24) is 5.32 Å². The van der Waals surface area contributed by atoms with Crippen molar-refractivity contribution < 1.29 is 19.1 Å². The highest BCUT2D eigenvalue weighted by molar-refractivity contribution is 5.85. The van der Waals surface area contributed by atoms with Gasteiger partial charge in [-0.2, -0.15) is 0 Å². The number of esters is 1. The Morgan fingerprint density at radius 3 is 2.54 bits per heavy atom. The van der Waals surface area contributed by atoms with E-state index in [1.54, 1.807) is 12.1 Å². The lowest BCUT2D eigenvalue weighted by Gasteiger charge is -2.18. The van der Waals surface area contributed by atoms with Gasteiger partial charge >= 0.3 is 5.97 Å². The molecule has 1 fully saturated rings. The van der Waals surface area contributed by atoms with E-state index in [0.29, 0.717) is 11.3 Å². The molecule has 0 radical (unpaired) electrons. The highest BCUT2D eigenvalue weighted by Crippen LogP contribution is 2.24. The SMILES string of the molecule is Cc1ccc(C)c(OCC(=O)O[C@@H](C(=O)NC2CC2)c2ccccc2)c1. The van der Waals surface area contributed by atoms with E-state index in [0.717, 1.165) is 24.0 Å². The van der Waals surface area contributed by atoms with Crippen LogP contribution in [0.15, 0.2) is 48.5 Å². The summed E-state index contributed by atoms with van der Waals surface area (Å²) < 4.78 is 11.0. The summed E-state index contributed by atoms with van der Waals surface area (Å²) in [5, 5.41) is 2.89. The molecule has 0 unspecified atom stereocenters. The number of nitrogens with one attached hydrogen (secondary N) is 1. The van der Waals surface area contributed by atoms with E-state index in [9.17, 15) is 9.59 Å². The predicted octanol–water partition coefficient (Wildman–Crippen LogP) is 3.25. The molecule has 26 heavy (non-hydrogen) atoms. The normalized spacial score (nSPS) is 14.4. The molecular formula is C21H23NO4. The summed E-state index contributed by atoms with van der Waals surface area (Å²) in [4.78, 5) is 24.7. The second kappa shape index (κ2) is 8.04. The molecule has 1 aliphatic carbocycles. The molecule has 3 rings (SSSR count). The van der Waals surface area contributed by atoms with Gasteiger partial charge < -0.3 is 14.8 Å². The van der Waals surface area contributed by atoms with Crippen LogP contribution in [0.25, 0.3) is 0 Å². The standard InChI is InChI=1S/C21H23NO4/c1-14-8-9-15(2)18(12-14)25-13-19(23)26-20(16-6-4-3-5-7-16)21(24)22-17-10-11-17/h3-9,12,17,20H,10-11,13H2,1-2H3,(H,22,24)/t20-/m1/s1. The lowest BCUT2D eigenvalue weighted by molar-refractivity contribution is -0.158. The van der Waals surface area contributed by atoms with Gasteiger partial charge in [0.25, 0.3) is 5.91 Å². The Morgan fingerprint density at radius 1 is 1.12 bits per heavy atom. The summed E-state index contributed by atoms with van der Waals surface area (Å²) in [6.07, 6.45) is 0.972. The third-order valence-corrected chi connectivity index (χ3v) is 4.20. The van der Waals surface area contributed by atoms with Gasteiger partial charge in [0.05, 0.1) is 0 Å². The average molecular weight is 353 g/mol. The van der Waals surface area contributed by atoms with Gasteiger partial charge in [-0.05, 0) is 43.9 Å². The zero-order chi connectivity index (χ0) is 18.5. The molecule has 1 amide bonds. The Hall–Kier alpha value is -2.82. The molecule has 0 aliphatic heterocycles.